The molecule has 0 saturated carbocycles. The van der Waals surface area contributed by atoms with Gasteiger partial charge in [0.2, 0.25) is 5.91 Å². The maximum absolute atomic E-state index is 12.1. The van der Waals surface area contributed by atoms with Gasteiger partial charge in [-0.25, -0.2) is 4.98 Å². The lowest BCUT2D eigenvalue weighted by molar-refractivity contribution is 0.0996. The fourth-order valence-corrected chi connectivity index (χ4v) is 2.22. The van der Waals surface area contributed by atoms with Crippen molar-refractivity contribution in [1.29, 1.82) is 0 Å². The van der Waals surface area contributed by atoms with E-state index in [0.29, 0.717) is 16.9 Å². The van der Waals surface area contributed by atoms with Crippen LogP contribution in [-0.2, 0) is 0 Å². The van der Waals surface area contributed by atoms with E-state index in [1.165, 1.54) is 18.2 Å². The number of aromatic nitrogens is 1. The highest BCUT2D eigenvalue weighted by molar-refractivity contribution is 6.34. The van der Waals surface area contributed by atoms with Crippen molar-refractivity contribution in [2.75, 3.05) is 5.32 Å². The van der Waals surface area contributed by atoms with Crippen LogP contribution < -0.4 is 11.1 Å². The number of halogens is 2. The van der Waals surface area contributed by atoms with Gasteiger partial charge in [0, 0.05) is 16.9 Å². The minimum atomic E-state index is -0.668. The molecule has 5 nitrogen and oxygen atoms in total. The summed E-state index contributed by atoms with van der Waals surface area (Å²) in [4.78, 5) is 27.3. The number of anilines is 1. The summed E-state index contributed by atoms with van der Waals surface area (Å²) >= 11 is 11.7. The average Bonchev–Trinajstić information content (AvgIpc) is 2.39. The SMILES string of the molecule is Cc1cc(C(=O)Nc2ccc(Cl)c(C(N)=O)c2)cc(Cl)n1. The molecular weight excluding hydrogens is 313 g/mol. The fourth-order valence-electron chi connectivity index (χ4n) is 1.75. The summed E-state index contributed by atoms with van der Waals surface area (Å²) in [6, 6.07) is 7.53. The van der Waals surface area contributed by atoms with E-state index >= 15 is 0 Å². The Balaban J connectivity index is 2.27. The molecule has 0 radical (unpaired) electrons. The Hall–Kier alpha value is -2.11. The maximum atomic E-state index is 12.1. The molecule has 2 rings (SSSR count). The molecule has 1 heterocycles. The second-order valence-electron chi connectivity index (χ2n) is 4.33. The molecule has 108 valence electrons. The first-order valence-electron chi connectivity index (χ1n) is 5.91. The number of aryl methyl sites for hydroxylation is 1. The van der Waals surface area contributed by atoms with Gasteiger partial charge < -0.3 is 11.1 Å². The van der Waals surface area contributed by atoms with Gasteiger partial charge in [0.15, 0.2) is 0 Å². The Morgan fingerprint density at radius 1 is 1.19 bits per heavy atom. The van der Waals surface area contributed by atoms with Gasteiger partial charge in [-0.1, -0.05) is 23.2 Å². The highest BCUT2D eigenvalue weighted by atomic mass is 35.5. The third-order valence-corrected chi connectivity index (χ3v) is 3.20. The molecule has 0 spiro atoms. The second-order valence-corrected chi connectivity index (χ2v) is 5.13. The van der Waals surface area contributed by atoms with Gasteiger partial charge in [-0.15, -0.1) is 0 Å². The van der Waals surface area contributed by atoms with Crippen molar-refractivity contribution in [1.82, 2.24) is 4.98 Å². The van der Waals surface area contributed by atoms with Crippen molar-refractivity contribution in [3.05, 3.63) is 57.3 Å². The van der Waals surface area contributed by atoms with E-state index in [1.54, 1.807) is 19.1 Å². The van der Waals surface area contributed by atoms with Crippen LogP contribution in [0.3, 0.4) is 0 Å². The average molecular weight is 324 g/mol. The normalized spacial score (nSPS) is 10.2. The molecule has 2 aromatic rings. The summed E-state index contributed by atoms with van der Waals surface area (Å²) in [7, 11) is 0. The molecule has 0 aliphatic carbocycles. The Bertz CT molecular complexity index is 712. The highest BCUT2D eigenvalue weighted by Gasteiger charge is 2.11. The summed E-state index contributed by atoms with van der Waals surface area (Å²) in [6.07, 6.45) is 0. The lowest BCUT2D eigenvalue weighted by atomic mass is 10.1. The topological polar surface area (TPSA) is 85.1 Å². The van der Waals surface area contributed by atoms with Crippen molar-refractivity contribution in [3.63, 3.8) is 0 Å². The molecule has 0 unspecified atom stereocenters. The Labute approximate surface area is 131 Å². The second kappa shape index (κ2) is 6.11. The van der Waals surface area contributed by atoms with Crippen LogP contribution >= 0.6 is 23.2 Å². The number of rotatable bonds is 3. The van der Waals surface area contributed by atoms with Gasteiger partial charge in [-0.2, -0.15) is 0 Å². The minimum absolute atomic E-state index is 0.137. The van der Waals surface area contributed by atoms with Crippen LogP contribution in [0.4, 0.5) is 5.69 Å². The van der Waals surface area contributed by atoms with E-state index in [-0.39, 0.29) is 21.6 Å². The molecule has 1 aromatic heterocycles. The molecule has 0 aliphatic heterocycles. The number of benzene rings is 1. The summed E-state index contributed by atoms with van der Waals surface area (Å²) in [6.45, 7) is 1.73. The van der Waals surface area contributed by atoms with Crippen LogP contribution in [-0.4, -0.2) is 16.8 Å². The van der Waals surface area contributed by atoms with Crippen molar-refractivity contribution < 1.29 is 9.59 Å². The zero-order chi connectivity index (χ0) is 15.6. The minimum Gasteiger partial charge on any atom is -0.366 e. The number of nitrogens with zero attached hydrogens (tertiary/aromatic N) is 1. The van der Waals surface area contributed by atoms with Gasteiger partial charge >= 0.3 is 0 Å². The van der Waals surface area contributed by atoms with Crippen LogP contribution in [0.25, 0.3) is 0 Å². The molecule has 21 heavy (non-hydrogen) atoms. The number of amides is 2. The lowest BCUT2D eigenvalue weighted by Gasteiger charge is -2.08. The molecule has 0 atom stereocenters. The van der Waals surface area contributed by atoms with Crippen molar-refractivity contribution in [2.24, 2.45) is 5.73 Å². The Morgan fingerprint density at radius 3 is 2.52 bits per heavy atom. The van der Waals surface area contributed by atoms with E-state index < -0.39 is 5.91 Å². The number of pyridine rings is 1. The van der Waals surface area contributed by atoms with Gasteiger partial charge in [0.1, 0.15) is 5.15 Å². The van der Waals surface area contributed by atoms with Gasteiger partial charge in [0.05, 0.1) is 10.6 Å². The van der Waals surface area contributed by atoms with Crippen LogP contribution in [0.2, 0.25) is 10.2 Å². The molecule has 0 aliphatic rings. The summed E-state index contributed by atoms with van der Waals surface area (Å²) in [5, 5.41) is 3.10. The molecule has 2 amide bonds. The van der Waals surface area contributed by atoms with E-state index in [9.17, 15) is 9.59 Å². The predicted octanol–water partition coefficient (Wildman–Crippen LogP) is 3.05. The first kappa shape index (κ1) is 15.3. The Kier molecular flexibility index (Phi) is 4.45. The highest BCUT2D eigenvalue weighted by Crippen LogP contribution is 2.21. The Morgan fingerprint density at radius 2 is 1.90 bits per heavy atom. The number of hydrogen-bond acceptors (Lipinski definition) is 3. The predicted molar refractivity (Wildman–Crippen MR) is 81.9 cm³/mol. The van der Waals surface area contributed by atoms with Crippen molar-refractivity contribution in [3.8, 4) is 0 Å². The molecule has 7 heteroatoms. The zero-order valence-corrected chi connectivity index (χ0v) is 12.5. The molecule has 0 saturated heterocycles. The monoisotopic (exact) mass is 323 g/mol. The lowest BCUT2D eigenvalue weighted by Crippen LogP contribution is -2.15. The summed E-state index contributed by atoms with van der Waals surface area (Å²) in [5.41, 5.74) is 6.74. The molecule has 1 aromatic carbocycles. The van der Waals surface area contributed by atoms with Crippen LogP contribution in [0.15, 0.2) is 30.3 Å². The molecule has 0 fully saturated rings. The number of primary amides is 1. The van der Waals surface area contributed by atoms with Gasteiger partial charge in [0.25, 0.3) is 5.91 Å². The van der Waals surface area contributed by atoms with E-state index in [2.05, 4.69) is 10.3 Å². The summed E-state index contributed by atoms with van der Waals surface area (Å²) in [5.74, 6) is -1.04. The van der Waals surface area contributed by atoms with Gasteiger partial charge in [-0.05, 0) is 37.3 Å². The van der Waals surface area contributed by atoms with E-state index in [4.69, 9.17) is 28.9 Å². The first-order valence-corrected chi connectivity index (χ1v) is 6.67. The van der Waals surface area contributed by atoms with Crippen LogP contribution in [0.1, 0.15) is 26.4 Å². The maximum Gasteiger partial charge on any atom is 0.255 e. The standard InChI is InChI=1S/C14H11Cl2N3O2/c1-7-4-8(5-12(16)18-7)14(21)19-9-2-3-11(15)10(6-9)13(17)20/h2-6H,1H3,(H2,17,20)(H,19,21). The number of carbonyl (C=O) groups excluding carboxylic acids is 2. The first-order chi connectivity index (χ1) is 9.86. The summed E-state index contributed by atoms with van der Waals surface area (Å²) < 4.78 is 0. The zero-order valence-electron chi connectivity index (χ0n) is 11.0. The van der Waals surface area contributed by atoms with E-state index in [0.717, 1.165) is 0 Å². The van der Waals surface area contributed by atoms with Crippen molar-refractivity contribution >= 4 is 40.7 Å². The molecule has 0 bridgehead atoms. The quantitative estimate of drug-likeness (QED) is 0.851. The molecule has 3 N–H and O–H groups in total. The van der Waals surface area contributed by atoms with Gasteiger partial charge in [-0.3, -0.25) is 9.59 Å². The number of hydrogen-bond donors (Lipinski definition) is 2. The van der Waals surface area contributed by atoms with Crippen LogP contribution in [0.5, 0.6) is 0 Å². The number of nitrogens with one attached hydrogen (secondary N) is 1. The van der Waals surface area contributed by atoms with E-state index in [1.807, 2.05) is 0 Å². The smallest absolute Gasteiger partial charge is 0.255 e. The third-order valence-electron chi connectivity index (χ3n) is 2.67. The molecular formula is C14H11Cl2N3O2. The number of nitrogens with two attached hydrogens (primary N) is 1. The van der Waals surface area contributed by atoms with Crippen molar-refractivity contribution in [2.45, 2.75) is 6.92 Å². The fraction of sp³-hybridized carbons (Fsp3) is 0.0714. The third kappa shape index (κ3) is 3.71. The largest absolute Gasteiger partial charge is 0.366 e. The number of carbonyl (C=O) groups is 2. The van der Waals surface area contributed by atoms with Crippen LogP contribution in [0, 0.1) is 6.92 Å².